The molecule has 0 radical (unpaired) electrons. The van der Waals surface area contributed by atoms with Crippen molar-refractivity contribution in [2.75, 3.05) is 16.8 Å². The standard InChI is InChI=1S/C10H11N3O/c14-10-8-4-2-6-13(8)7-3-1-5-11-9(7)12-10/h1,3,5,8H,2,4,6H2,(H,11,12,14)/t8-/m0/s1. The summed E-state index contributed by atoms with van der Waals surface area (Å²) in [6, 6.07) is 3.96. The van der Waals surface area contributed by atoms with E-state index in [0.29, 0.717) is 5.82 Å². The van der Waals surface area contributed by atoms with Gasteiger partial charge in [-0.25, -0.2) is 4.98 Å². The van der Waals surface area contributed by atoms with E-state index in [-0.39, 0.29) is 11.9 Å². The van der Waals surface area contributed by atoms with Gasteiger partial charge < -0.3 is 10.2 Å². The lowest BCUT2D eigenvalue weighted by atomic mass is 10.1. The van der Waals surface area contributed by atoms with Crippen molar-refractivity contribution < 1.29 is 4.79 Å². The van der Waals surface area contributed by atoms with Crippen LogP contribution < -0.4 is 10.2 Å². The molecule has 1 aromatic heterocycles. The molecule has 2 aliphatic rings. The summed E-state index contributed by atoms with van der Waals surface area (Å²) >= 11 is 0. The summed E-state index contributed by atoms with van der Waals surface area (Å²) in [5.74, 6) is 0.796. The maximum Gasteiger partial charge on any atom is 0.248 e. The smallest absolute Gasteiger partial charge is 0.248 e. The van der Waals surface area contributed by atoms with E-state index in [0.717, 1.165) is 25.1 Å². The fourth-order valence-corrected chi connectivity index (χ4v) is 2.25. The van der Waals surface area contributed by atoms with Crippen LogP contribution >= 0.6 is 0 Å². The molecule has 0 bridgehead atoms. The fourth-order valence-electron chi connectivity index (χ4n) is 2.25. The predicted molar refractivity (Wildman–Crippen MR) is 53.2 cm³/mol. The van der Waals surface area contributed by atoms with Crippen LogP contribution in [0.5, 0.6) is 0 Å². The number of fused-ring (bicyclic) bond motifs is 3. The number of aromatic nitrogens is 1. The van der Waals surface area contributed by atoms with Crippen LogP contribution in [-0.2, 0) is 4.79 Å². The molecule has 1 amide bonds. The van der Waals surface area contributed by atoms with Crippen molar-refractivity contribution in [3.8, 4) is 0 Å². The molecule has 1 aromatic rings. The van der Waals surface area contributed by atoms with E-state index < -0.39 is 0 Å². The van der Waals surface area contributed by atoms with Crippen molar-refractivity contribution in [3.63, 3.8) is 0 Å². The Labute approximate surface area is 81.9 Å². The lowest BCUT2D eigenvalue weighted by Crippen LogP contribution is -2.44. The number of hydrogen-bond donors (Lipinski definition) is 1. The zero-order valence-electron chi connectivity index (χ0n) is 7.73. The highest BCUT2D eigenvalue weighted by molar-refractivity contribution is 6.02. The van der Waals surface area contributed by atoms with Gasteiger partial charge in [-0.3, -0.25) is 4.79 Å². The summed E-state index contributed by atoms with van der Waals surface area (Å²) in [7, 11) is 0. The Morgan fingerprint density at radius 1 is 1.57 bits per heavy atom. The van der Waals surface area contributed by atoms with Crippen molar-refractivity contribution in [2.24, 2.45) is 0 Å². The van der Waals surface area contributed by atoms with Crippen LogP contribution in [0.4, 0.5) is 11.5 Å². The quantitative estimate of drug-likeness (QED) is 0.662. The Kier molecular flexibility index (Phi) is 1.50. The van der Waals surface area contributed by atoms with Gasteiger partial charge in [0.15, 0.2) is 5.82 Å². The minimum Gasteiger partial charge on any atom is -0.357 e. The normalized spacial score (nSPS) is 24.1. The van der Waals surface area contributed by atoms with Gasteiger partial charge in [0, 0.05) is 12.7 Å². The molecular formula is C10H11N3O. The van der Waals surface area contributed by atoms with Gasteiger partial charge >= 0.3 is 0 Å². The third kappa shape index (κ3) is 0.937. The molecule has 14 heavy (non-hydrogen) atoms. The minimum absolute atomic E-state index is 0.0340. The first-order valence-electron chi connectivity index (χ1n) is 4.89. The van der Waals surface area contributed by atoms with Crippen molar-refractivity contribution in [2.45, 2.75) is 18.9 Å². The first kappa shape index (κ1) is 7.79. The van der Waals surface area contributed by atoms with Crippen LogP contribution in [0.2, 0.25) is 0 Å². The molecule has 0 spiro atoms. The average molecular weight is 189 g/mol. The number of anilines is 2. The van der Waals surface area contributed by atoms with E-state index in [1.54, 1.807) is 6.20 Å². The molecule has 72 valence electrons. The van der Waals surface area contributed by atoms with Crippen molar-refractivity contribution >= 4 is 17.4 Å². The Morgan fingerprint density at radius 2 is 2.50 bits per heavy atom. The molecule has 1 atom stereocenters. The summed E-state index contributed by atoms with van der Waals surface area (Å²) in [5, 5.41) is 2.84. The second-order valence-corrected chi connectivity index (χ2v) is 3.71. The maximum atomic E-state index is 11.6. The van der Waals surface area contributed by atoms with Crippen LogP contribution in [-0.4, -0.2) is 23.5 Å². The van der Waals surface area contributed by atoms with Crippen LogP contribution in [0.15, 0.2) is 18.3 Å². The van der Waals surface area contributed by atoms with Gasteiger partial charge in [-0.15, -0.1) is 0 Å². The third-order valence-electron chi connectivity index (χ3n) is 2.89. The summed E-state index contributed by atoms with van der Waals surface area (Å²) in [5.41, 5.74) is 1.06. The number of carbonyl (C=O) groups is 1. The molecule has 1 N–H and O–H groups in total. The predicted octanol–water partition coefficient (Wildman–Crippen LogP) is 1.00. The van der Waals surface area contributed by atoms with Gasteiger partial charge in [0.05, 0.1) is 5.69 Å². The highest BCUT2D eigenvalue weighted by Gasteiger charge is 2.36. The van der Waals surface area contributed by atoms with Crippen molar-refractivity contribution in [3.05, 3.63) is 18.3 Å². The minimum atomic E-state index is 0.0340. The van der Waals surface area contributed by atoms with E-state index >= 15 is 0 Å². The Balaban J connectivity index is 2.11. The second-order valence-electron chi connectivity index (χ2n) is 3.71. The Morgan fingerprint density at radius 3 is 3.43 bits per heavy atom. The largest absolute Gasteiger partial charge is 0.357 e. The summed E-state index contributed by atoms with van der Waals surface area (Å²) in [6.45, 7) is 0.969. The van der Waals surface area contributed by atoms with E-state index in [1.807, 2.05) is 12.1 Å². The number of nitrogens with zero attached hydrogens (tertiary/aromatic N) is 2. The first-order chi connectivity index (χ1) is 6.86. The lowest BCUT2D eigenvalue weighted by Gasteiger charge is -2.31. The number of carbonyl (C=O) groups excluding carboxylic acids is 1. The van der Waals surface area contributed by atoms with Gasteiger partial charge in [0.25, 0.3) is 0 Å². The summed E-state index contributed by atoms with van der Waals surface area (Å²) in [4.78, 5) is 18.0. The highest BCUT2D eigenvalue weighted by atomic mass is 16.2. The van der Waals surface area contributed by atoms with Crippen LogP contribution in [0.25, 0.3) is 0 Å². The molecule has 0 saturated carbocycles. The fraction of sp³-hybridized carbons (Fsp3) is 0.400. The average Bonchev–Trinajstić information content (AvgIpc) is 2.67. The van der Waals surface area contributed by atoms with Crippen LogP contribution in [0, 0.1) is 0 Å². The van der Waals surface area contributed by atoms with Gasteiger partial charge in [-0.2, -0.15) is 0 Å². The van der Waals surface area contributed by atoms with Crippen LogP contribution in [0.1, 0.15) is 12.8 Å². The molecule has 4 heteroatoms. The molecule has 2 aliphatic heterocycles. The van der Waals surface area contributed by atoms with Crippen LogP contribution in [0.3, 0.4) is 0 Å². The van der Waals surface area contributed by atoms with Gasteiger partial charge in [0.1, 0.15) is 6.04 Å². The monoisotopic (exact) mass is 189 g/mol. The molecule has 1 saturated heterocycles. The number of amides is 1. The third-order valence-corrected chi connectivity index (χ3v) is 2.89. The topological polar surface area (TPSA) is 45.2 Å². The van der Waals surface area contributed by atoms with Gasteiger partial charge in [-0.05, 0) is 25.0 Å². The van der Waals surface area contributed by atoms with Crippen molar-refractivity contribution in [1.82, 2.24) is 4.98 Å². The summed E-state index contributed by atoms with van der Waals surface area (Å²) < 4.78 is 0. The molecule has 0 aliphatic carbocycles. The maximum absolute atomic E-state index is 11.6. The zero-order valence-corrected chi connectivity index (χ0v) is 7.73. The number of nitrogens with one attached hydrogen (secondary N) is 1. The number of pyridine rings is 1. The van der Waals surface area contributed by atoms with Crippen molar-refractivity contribution in [1.29, 1.82) is 0 Å². The molecule has 3 rings (SSSR count). The number of rotatable bonds is 0. The molecule has 3 heterocycles. The second kappa shape index (κ2) is 2.70. The molecular weight excluding hydrogens is 178 g/mol. The highest BCUT2D eigenvalue weighted by Crippen LogP contribution is 2.34. The van der Waals surface area contributed by atoms with E-state index in [4.69, 9.17) is 0 Å². The summed E-state index contributed by atoms with van der Waals surface area (Å²) in [6.07, 6.45) is 3.75. The molecule has 1 fully saturated rings. The van der Waals surface area contributed by atoms with E-state index in [2.05, 4.69) is 15.2 Å². The Bertz CT molecular complexity index is 391. The Hall–Kier alpha value is -1.58. The van der Waals surface area contributed by atoms with Gasteiger partial charge in [0.2, 0.25) is 5.91 Å². The molecule has 0 unspecified atom stereocenters. The zero-order chi connectivity index (χ0) is 9.54. The van der Waals surface area contributed by atoms with E-state index in [9.17, 15) is 4.79 Å². The van der Waals surface area contributed by atoms with E-state index in [1.165, 1.54) is 0 Å². The SMILES string of the molecule is O=C1Nc2ncccc2N2CCC[C@@H]12. The molecule has 0 aromatic carbocycles. The van der Waals surface area contributed by atoms with Gasteiger partial charge in [-0.1, -0.05) is 0 Å². The first-order valence-corrected chi connectivity index (χ1v) is 4.89. The molecule has 4 nitrogen and oxygen atoms in total. The lowest BCUT2D eigenvalue weighted by molar-refractivity contribution is -0.117. The number of hydrogen-bond acceptors (Lipinski definition) is 3.